The van der Waals surface area contributed by atoms with Crippen molar-refractivity contribution in [2.24, 2.45) is 0 Å². The average molecular weight is 353 g/mol. The van der Waals surface area contributed by atoms with Gasteiger partial charge in [-0.2, -0.15) is 0 Å². The maximum Gasteiger partial charge on any atom is 0.223 e. The first-order valence-electron chi connectivity index (χ1n) is 8.82. The van der Waals surface area contributed by atoms with Crippen LogP contribution in [0.3, 0.4) is 0 Å². The lowest BCUT2D eigenvalue weighted by Crippen LogP contribution is -2.48. The van der Waals surface area contributed by atoms with E-state index in [1.54, 1.807) is 12.1 Å². The topological polar surface area (TPSA) is 49.6 Å². The fourth-order valence-electron chi connectivity index (χ4n) is 3.26. The molecule has 0 N–H and O–H groups in total. The second-order valence-corrected chi connectivity index (χ2v) is 6.42. The number of aromatic nitrogens is 1. The number of hydrogen-bond donors (Lipinski definition) is 0. The molecule has 134 valence electrons. The highest BCUT2D eigenvalue weighted by atomic mass is 19.1. The van der Waals surface area contributed by atoms with Gasteiger partial charge >= 0.3 is 0 Å². The van der Waals surface area contributed by atoms with Gasteiger partial charge < -0.3 is 14.2 Å². The summed E-state index contributed by atoms with van der Waals surface area (Å²) in [7, 11) is 0. The number of para-hydroxylation sites is 2. The van der Waals surface area contributed by atoms with Crippen LogP contribution in [-0.2, 0) is 11.2 Å². The van der Waals surface area contributed by atoms with Crippen molar-refractivity contribution in [3.8, 4) is 0 Å². The van der Waals surface area contributed by atoms with E-state index in [4.69, 9.17) is 4.42 Å². The van der Waals surface area contributed by atoms with Crippen LogP contribution in [0.1, 0.15) is 12.3 Å². The zero-order valence-corrected chi connectivity index (χ0v) is 14.4. The molecule has 0 unspecified atom stereocenters. The minimum absolute atomic E-state index is 0.117. The van der Waals surface area contributed by atoms with E-state index >= 15 is 0 Å². The van der Waals surface area contributed by atoms with Gasteiger partial charge in [0.25, 0.3) is 0 Å². The molecule has 1 fully saturated rings. The van der Waals surface area contributed by atoms with E-state index in [0.29, 0.717) is 31.8 Å². The van der Waals surface area contributed by atoms with Gasteiger partial charge in [-0.3, -0.25) is 4.79 Å². The normalized spacial score (nSPS) is 14.8. The third kappa shape index (κ3) is 3.54. The van der Waals surface area contributed by atoms with E-state index in [1.807, 2.05) is 29.2 Å². The van der Waals surface area contributed by atoms with Crippen molar-refractivity contribution >= 4 is 22.7 Å². The molecular weight excluding hydrogens is 333 g/mol. The summed E-state index contributed by atoms with van der Waals surface area (Å²) < 4.78 is 18.7. The lowest BCUT2D eigenvalue weighted by atomic mass is 10.2. The van der Waals surface area contributed by atoms with Gasteiger partial charge in [-0.05, 0) is 36.4 Å². The standard InChI is InChI=1S/C20H20FN3O2/c21-15-5-7-16(8-6-15)23-11-13-24(14-12-23)20(25)10-9-19-22-17-3-1-2-4-18(17)26-19/h1-8H,9-14H2. The molecule has 4 rings (SSSR count). The van der Waals surface area contributed by atoms with Crippen molar-refractivity contribution in [3.63, 3.8) is 0 Å². The Bertz CT molecular complexity index is 866. The van der Waals surface area contributed by atoms with E-state index in [1.165, 1.54) is 12.1 Å². The molecule has 3 aromatic rings. The molecule has 0 saturated carbocycles. The lowest BCUT2D eigenvalue weighted by molar-refractivity contribution is -0.131. The molecule has 6 heteroatoms. The Labute approximate surface area is 151 Å². The third-order valence-corrected chi connectivity index (χ3v) is 4.72. The molecule has 1 aliphatic rings. The maximum absolute atomic E-state index is 13.0. The predicted molar refractivity (Wildman–Crippen MR) is 97.5 cm³/mol. The summed E-state index contributed by atoms with van der Waals surface area (Å²) in [6, 6.07) is 14.1. The first-order valence-corrected chi connectivity index (χ1v) is 8.82. The second kappa shape index (κ2) is 7.15. The minimum Gasteiger partial charge on any atom is -0.441 e. The van der Waals surface area contributed by atoms with Crippen LogP contribution in [0.25, 0.3) is 11.1 Å². The van der Waals surface area contributed by atoms with Crippen molar-refractivity contribution in [1.29, 1.82) is 0 Å². The van der Waals surface area contributed by atoms with Crippen molar-refractivity contribution in [1.82, 2.24) is 9.88 Å². The Morgan fingerprint density at radius 3 is 2.50 bits per heavy atom. The number of piperazine rings is 1. The fourth-order valence-corrected chi connectivity index (χ4v) is 3.26. The molecule has 2 heterocycles. The van der Waals surface area contributed by atoms with Crippen molar-refractivity contribution in [3.05, 3.63) is 60.2 Å². The number of carbonyl (C=O) groups is 1. The molecule has 0 bridgehead atoms. The number of hydrogen-bond acceptors (Lipinski definition) is 4. The van der Waals surface area contributed by atoms with Crippen LogP contribution < -0.4 is 4.90 Å². The van der Waals surface area contributed by atoms with E-state index in [-0.39, 0.29) is 11.7 Å². The van der Waals surface area contributed by atoms with Crippen molar-refractivity contribution < 1.29 is 13.6 Å². The predicted octanol–water partition coefficient (Wildman–Crippen LogP) is 3.25. The quantitative estimate of drug-likeness (QED) is 0.722. The molecule has 26 heavy (non-hydrogen) atoms. The molecule has 1 amide bonds. The molecule has 0 atom stereocenters. The first kappa shape index (κ1) is 16.6. The van der Waals surface area contributed by atoms with E-state index in [9.17, 15) is 9.18 Å². The number of halogens is 1. The van der Waals surface area contributed by atoms with E-state index in [2.05, 4.69) is 9.88 Å². The van der Waals surface area contributed by atoms with Crippen LogP contribution in [-0.4, -0.2) is 42.0 Å². The van der Waals surface area contributed by atoms with Crippen LogP contribution in [0.4, 0.5) is 10.1 Å². The number of anilines is 1. The Hall–Kier alpha value is -2.89. The van der Waals surface area contributed by atoms with Gasteiger partial charge in [0.05, 0.1) is 0 Å². The number of benzene rings is 2. The Morgan fingerprint density at radius 2 is 1.77 bits per heavy atom. The fraction of sp³-hybridized carbons (Fsp3) is 0.300. The number of amides is 1. The largest absolute Gasteiger partial charge is 0.441 e. The van der Waals surface area contributed by atoms with E-state index in [0.717, 1.165) is 29.9 Å². The maximum atomic E-state index is 13.0. The summed E-state index contributed by atoms with van der Waals surface area (Å²) in [6.07, 6.45) is 0.898. The van der Waals surface area contributed by atoms with E-state index < -0.39 is 0 Å². The van der Waals surface area contributed by atoms with Gasteiger partial charge in [0.1, 0.15) is 11.3 Å². The van der Waals surface area contributed by atoms with Crippen LogP contribution in [0.2, 0.25) is 0 Å². The molecule has 0 aliphatic carbocycles. The van der Waals surface area contributed by atoms with Gasteiger partial charge in [-0.15, -0.1) is 0 Å². The third-order valence-electron chi connectivity index (χ3n) is 4.72. The number of nitrogens with zero attached hydrogens (tertiary/aromatic N) is 3. The molecule has 0 spiro atoms. The molecular formula is C20H20FN3O2. The lowest BCUT2D eigenvalue weighted by Gasteiger charge is -2.36. The number of oxazole rings is 1. The van der Waals surface area contributed by atoms with Crippen LogP contribution in [0, 0.1) is 5.82 Å². The van der Waals surface area contributed by atoms with Crippen LogP contribution >= 0.6 is 0 Å². The smallest absolute Gasteiger partial charge is 0.223 e. The van der Waals surface area contributed by atoms with Gasteiger partial charge in [0.2, 0.25) is 5.91 Å². The highest BCUT2D eigenvalue weighted by Gasteiger charge is 2.21. The molecule has 5 nitrogen and oxygen atoms in total. The zero-order valence-electron chi connectivity index (χ0n) is 14.4. The molecule has 2 aromatic carbocycles. The summed E-state index contributed by atoms with van der Waals surface area (Å²) in [5.74, 6) is 0.484. The SMILES string of the molecule is O=C(CCc1nc2ccccc2o1)N1CCN(c2ccc(F)cc2)CC1. The summed E-state index contributed by atoms with van der Waals surface area (Å²) in [5.41, 5.74) is 2.57. The number of fused-ring (bicyclic) bond motifs is 1. The van der Waals surface area contributed by atoms with Gasteiger partial charge in [0, 0.05) is 44.7 Å². The molecule has 1 saturated heterocycles. The highest BCUT2D eigenvalue weighted by Crippen LogP contribution is 2.18. The van der Waals surface area contributed by atoms with Crippen molar-refractivity contribution in [2.75, 3.05) is 31.1 Å². The number of rotatable bonds is 4. The second-order valence-electron chi connectivity index (χ2n) is 6.42. The Morgan fingerprint density at radius 1 is 1.04 bits per heavy atom. The number of aryl methyl sites for hydroxylation is 1. The first-order chi connectivity index (χ1) is 12.7. The zero-order chi connectivity index (χ0) is 17.9. The van der Waals surface area contributed by atoms with Gasteiger partial charge in [-0.25, -0.2) is 9.37 Å². The summed E-state index contributed by atoms with van der Waals surface area (Å²) >= 11 is 0. The minimum atomic E-state index is -0.234. The molecule has 1 aliphatic heterocycles. The van der Waals surface area contributed by atoms with Gasteiger partial charge in [0.15, 0.2) is 11.5 Å². The Kier molecular flexibility index (Phi) is 4.56. The van der Waals surface area contributed by atoms with Crippen molar-refractivity contribution in [2.45, 2.75) is 12.8 Å². The van der Waals surface area contributed by atoms with Gasteiger partial charge in [-0.1, -0.05) is 12.1 Å². The highest BCUT2D eigenvalue weighted by molar-refractivity contribution is 5.77. The average Bonchev–Trinajstić information content (AvgIpc) is 3.10. The summed E-state index contributed by atoms with van der Waals surface area (Å²) in [6.45, 7) is 2.84. The number of carbonyl (C=O) groups excluding carboxylic acids is 1. The summed E-state index contributed by atoms with van der Waals surface area (Å²) in [5, 5.41) is 0. The molecule has 1 aromatic heterocycles. The van der Waals surface area contributed by atoms with Crippen LogP contribution in [0.15, 0.2) is 52.9 Å². The molecule has 0 radical (unpaired) electrons. The summed E-state index contributed by atoms with van der Waals surface area (Å²) in [4.78, 5) is 20.9. The van der Waals surface area contributed by atoms with Crippen LogP contribution in [0.5, 0.6) is 0 Å². The Balaban J connectivity index is 1.30. The monoisotopic (exact) mass is 353 g/mol.